The zero-order valence-electron chi connectivity index (χ0n) is 11.2. The van der Waals surface area contributed by atoms with Crippen LogP contribution in [0.25, 0.3) is 0 Å². The number of carbonyl (C=O) groups is 2. The largest absolute Gasteiger partial charge is 0.481 e. The molecule has 0 heterocycles. The summed E-state index contributed by atoms with van der Waals surface area (Å²) in [5.74, 6) is -2.93. The van der Waals surface area contributed by atoms with Crippen LogP contribution in [0.15, 0.2) is 0 Å². The van der Waals surface area contributed by atoms with E-state index in [1.165, 1.54) is 0 Å². The van der Waals surface area contributed by atoms with Gasteiger partial charge in [0.2, 0.25) is 5.91 Å². The average molecular weight is 279 g/mol. The Morgan fingerprint density at radius 3 is 2.11 bits per heavy atom. The van der Waals surface area contributed by atoms with Gasteiger partial charge in [-0.2, -0.15) is 0 Å². The van der Waals surface area contributed by atoms with Crippen LogP contribution in [0.2, 0.25) is 0 Å². The summed E-state index contributed by atoms with van der Waals surface area (Å²) >= 11 is 0. The van der Waals surface area contributed by atoms with Crippen molar-refractivity contribution in [1.82, 2.24) is 5.32 Å². The highest BCUT2D eigenvalue weighted by atomic mass is 32.2. The molecule has 1 amide bonds. The van der Waals surface area contributed by atoms with Crippen LogP contribution in [0.3, 0.4) is 0 Å². The maximum Gasteiger partial charge on any atom is 0.316 e. The third-order valence-corrected chi connectivity index (χ3v) is 3.40. The number of aliphatic carboxylic acids is 1. The Bertz CT molecular complexity index is 408. The number of amides is 1. The van der Waals surface area contributed by atoms with E-state index in [1.54, 1.807) is 20.8 Å². The van der Waals surface area contributed by atoms with E-state index in [-0.39, 0.29) is 18.7 Å². The molecule has 0 aliphatic heterocycles. The maximum atomic E-state index is 11.7. The van der Waals surface area contributed by atoms with E-state index in [4.69, 9.17) is 5.11 Å². The molecule has 18 heavy (non-hydrogen) atoms. The number of carboxylic acid groups (broad SMARTS) is 1. The number of nitrogens with one attached hydrogen (secondary N) is 1. The predicted octanol–water partition coefficient (Wildman–Crippen LogP) is 0.284. The monoisotopic (exact) mass is 279 g/mol. The van der Waals surface area contributed by atoms with Gasteiger partial charge >= 0.3 is 5.97 Å². The lowest BCUT2D eigenvalue weighted by molar-refractivity contribution is -0.151. The van der Waals surface area contributed by atoms with Crippen LogP contribution in [0.1, 0.15) is 27.2 Å². The first-order valence-corrected chi connectivity index (χ1v) is 7.69. The standard InChI is InChI=1S/C11H21NO5S/c1-11(2,3)8(10(14)15)9(13)12-6-5-7-18(4,16)17/h8H,5-7H2,1-4H3,(H,12,13)(H,14,15). The third kappa shape index (κ3) is 6.58. The summed E-state index contributed by atoms with van der Waals surface area (Å²) in [7, 11) is -3.05. The molecule has 0 aromatic carbocycles. The first kappa shape index (κ1) is 16.9. The number of hydrogen-bond acceptors (Lipinski definition) is 4. The van der Waals surface area contributed by atoms with Gasteiger partial charge in [-0.25, -0.2) is 8.42 Å². The molecule has 0 saturated carbocycles. The molecule has 0 spiro atoms. The first-order valence-electron chi connectivity index (χ1n) is 5.63. The molecule has 0 aromatic rings. The zero-order chi connectivity index (χ0) is 14.6. The van der Waals surface area contributed by atoms with Crippen molar-refractivity contribution >= 4 is 21.7 Å². The molecule has 0 rings (SSSR count). The summed E-state index contributed by atoms with van der Waals surface area (Å²) in [5.41, 5.74) is -0.688. The van der Waals surface area contributed by atoms with Crippen LogP contribution in [0, 0.1) is 11.3 Å². The lowest BCUT2D eigenvalue weighted by Gasteiger charge is -2.25. The van der Waals surface area contributed by atoms with Gasteiger partial charge in [0.25, 0.3) is 0 Å². The fraction of sp³-hybridized carbons (Fsp3) is 0.818. The summed E-state index contributed by atoms with van der Waals surface area (Å²) in [6, 6.07) is 0. The normalized spacial score (nSPS) is 14.0. The van der Waals surface area contributed by atoms with E-state index >= 15 is 0 Å². The van der Waals surface area contributed by atoms with Crippen LogP contribution in [-0.4, -0.2) is 44.0 Å². The Balaban J connectivity index is 4.35. The molecule has 0 aliphatic rings. The Labute approximate surface area is 108 Å². The fourth-order valence-corrected chi connectivity index (χ4v) is 2.19. The highest BCUT2D eigenvalue weighted by Crippen LogP contribution is 2.26. The smallest absolute Gasteiger partial charge is 0.316 e. The van der Waals surface area contributed by atoms with E-state index in [1.807, 2.05) is 0 Å². The van der Waals surface area contributed by atoms with Gasteiger partial charge in [0.15, 0.2) is 0 Å². The van der Waals surface area contributed by atoms with Gasteiger partial charge in [0.05, 0.1) is 5.75 Å². The molecule has 0 fully saturated rings. The minimum Gasteiger partial charge on any atom is -0.481 e. The highest BCUT2D eigenvalue weighted by Gasteiger charge is 2.37. The van der Waals surface area contributed by atoms with Crippen molar-refractivity contribution in [2.45, 2.75) is 27.2 Å². The fourth-order valence-electron chi connectivity index (χ4n) is 1.52. The van der Waals surface area contributed by atoms with Gasteiger partial charge in [0, 0.05) is 12.8 Å². The van der Waals surface area contributed by atoms with Gasteiger partial charge in [-0.3, -0.25) is 9.59 Å². The van der Waals surface area contributed by atoms with Crippen molar-refractivity contribution in [2.24, 2.45) is 11.3 Å². The van der Waals surface area contributed by atoms with Gasteiger partial charge in [-0.1, -0.05) is 20.8 Å². The summed E-state index contributed by atoms with van der Waals surface area (Å²) < 4.78 is 21.7. The van der Waals surface area contributed by atoms with Crippen LogP contribution >= 0.6 is 0 Å². The van der Waals surface area contributed by atoms with Crippen LogP contribution < -0.4 is 5.32 Å². The van der Waals surface area contributed by atoms with Crippen LogP contribution in [0.5, 0.6) is 0 Å². The minimum atomic E-state index is -3.05. The molecule has 2 N–H and O–H groups in total. The topological polar surface area (TPSA) is 101 Å². The second-order valence-electron chi connectivity index (χ2n) is 5.41. The van der Waals surface area contributed by atoms with Crippen molar-refractivity contribution in [3.05, 3.63) is 0 Å². The van der Waals surface area contributed by atoms with Crippen molar-refractivity contribution in [3.63, 3.8) is 0 Å². The first-order chi connectivity index (χ1) is 7.95. The maximum absolute atomic E-state index is 11.7. The number of carboxylic acids is 1. The third-order valence-electron chi connectivity index (χ3n) is 2.37. The summed E-state index contributed by atoms with van der Waals surface area (Å²) in [6.07, 6.45) is 1.39. The van der Waals surface area contributed by atoms with Crippen LogP contribution in [0.4, 0.5) is 0 Å². The molecule has 0 radical (unpaired) electrons. The van der Waals surface area contributed by atoms with E-state index in [0.717, 1.165) is 6.26 Å². The predicted molar refractivity (Wildman–Crippen MR) is 67.9 cm³/mol. The van der Waals surface area contributed by atoms with Crippen molar-refractivity contribution in [2.75, 3.05) is 18.6 Å². The summed E-state index contributed by atoms with van der Waals surface area (Å²) in [6.45, 7) is 5.16. The van der Waals surface area contributed by atoms with Gasteiger partial charge in [-0.05, 0) is 11.8 Å². The quantitative estimate of drug-likeness (QED) is 0.537. The van der Waals surface area contributed by atoms with Crippen molar-refractivity contribution in [1.29, 1.82) is 0 Å². The molecular weight excluding hydrogens is 258 g/mol. The second kappa shape index (κ2) is 6.17. The molecule has 106 valence electrons. The number of hydrogen-bond donors (Lipinski definition) is 2. The lowest BCUT2D eigenvalue weighted by Crippen LogP contribution is -2.43. The lowest BCUT2D eigenvalue weighted by atomic mass is 9.80. The van der Waals surface area contributed by atoms with Gasteiger partial charge in [0.1, 0.15) is 15.8 Å². The molecule has 0 saturated heterocycles. The number of rotatable bonds is 6. The van der Waals surface area contributed by atoms with E-state index < -0.39 is 33.0 Å². The molecule has 6 nitrogen and oxygen atoms in total. The summed E-state index contributed by atoms with van der Waals surface area (Å²) in [5, 5.41) is 11.5. The molecule has 0 bridgehead atoms. The summed E-state index contributed by atoms with van der Waals surface area (Å²) in [4.78, 5) is 22.7. The molecular formula is C11H21NO5S. The second-order valence-corrected chi connectivity index (χ2v) is 7.67. The Kier molecular flexibility index (Phi) is 5.79. The van der Waals surface area contributed by atoms with Crippen molar-refractivity contribution < 1.29 is 23.1 Å². The molecule has 7 heteroatoms. The van der Waals surface area contributed by atoms with Crippen LogP contribution in [-0.2, 0) is 19.4 Å². The molecule has 0 aliphatic carbocycles. The van der Waals surface area contributed by atoms with E-state index in [2.05, 4.69) is 5.32 Å². The molecule has 0 aromatic heterocycles. The Morgan fingerprint density at radius 2 is 1.78 bits per heavy atom. The van der Waals surface area contributed by atoms with Gasteiger partial charge < -0.3 is 10.4 Å². The molecule has 1 atom stereocenters. The van der Waals surface area contributed by atoms with Crippen molar-refractivity contribution in [3.8, 4) is 0 Å². The minimum absolute atomic E-state index is 0.0272. The van der Waals surface area contributed by atoms with E-state index in [0.29, 0.717) is 0 Å². The zero-order valence-corrected chi connectivity index (χ0v) is 12.0. The Morgan fingerprint density at radius 1 is 1.28 bits per heavy atom. The highest BCUT2D eigenvalue weighted by molar-refractivity contribution is 7.90. The Hall–Kier alpha value is -1.11. The van der Waals surface area contributed by atoms with Gasteiger partial charge in [-0.15, -0.1) is 0 Å². The molecule has 1 unspecified atom stereocenters. The SMILES string of the molecule is CC(C)(C)C(C(=O)O)C(=O)NCCCS(C)(=O)=O. The number of carbonyl (C=O) groups excluding carboxylic acids is 1. The average Bonchev–Trinajstić information content (AvgIpc) is 2.07. The number of sulfone groups is 1. The van der Waals surface area contributed by atoms with E-state index in [9.17, 15) is 18.0 Å².